The van der Waals surface area contributed by atoms with Crippen LogP contribution in [0, 0.1) is 5.82 Å². The Morgan fingerprint density at radius 3 is 1.97 bits per heavy atom. The van der Waals surface area contributed by atoms with Gasteiger partial charge in [-0.1, -0.05) is 116 Å². The van der Waals surface area contributed by atoms with E-state index in [4.69, 9.17) is 18.9 Å². The molecule has 0 saturated carbocycles. The molecule has 534 valence electrons. The first-order valence-electron chi connectivity index (χ1n) is 34.4. The topological polar surface area (TPSA) is 163 Å². The molecule has 1 aliphatic carbocycles. The Morgan fingerprint density at radius 1 is 0.653 bits per heavy atom. The molecular weight excluding hydrogens is 1310 g/mol. The van der Waals surface area contributed by atoms with Crippen LogP contribution >= 0.6 is 0 Å². The van der Waals surface area contributed by atoms with Gasteiger partial charge in [0.2, 0.25) is 5.91 Å². The second kappa shape index (κ2) is 32.8. The van der Waals surface area contributed by atoms with Crippen LogP contribution in [-0.4, -0.2) is 153 Å². The Morgan fingerprint density at radius 2 is 1.29 bits per heavy atom. The van der Waals surface area contributed by atoms with Crippen molar-refractivity contribution in [2.24, 2.45) is 0 Å². The Labute approximate surface area is 583 Å². The highest BCUT2D eigenvalue weighted by Gasteiger charge is 2.50. The number of likely N-dealkylation sites (N-methyl/N-ethyl adjacent to an activating group) is 2. The molecule has 7 aromatic rings. The minimum absolute atomic E-state index is 0.0288. The third-order valence-electron chi connectivity index (χ3n) is 20.0. The van der Waals surface area contributed by atoms with Crippen molar-refractivity contribution in [2.45, 2.75) is 113 Å². The number of nitrogens with zero attached hydrogens (tertiary/aromatic N) is 5. The molecule has 4 amide bonds. The maximum atomic E-state index is 14.2. The largest absolute Gasteiger partial charge is 0.446 e. The Balaban J connectivity index is 0.557. The van der Waals surface area contributed by atoms with Gasteiger partial charge in [-0.05, 0) is 159 Å². The van der Waals surface area contributed by atoms with Gasteiger partial charge in [-0.25, -0.2) is 9.18 Å². The predicted octanol–water partition coefficient (Wildman–Crippen LogP) is 13.9. The van der Waals surface area contributed by atoms with Crippen LogP contribution in [0.2, 0.25) is 0 Å². The Kier molecular flexibility index (Phi) is 23.8. The van der Waals surface area contributed by atoms with Crippen LogP contribution < -0.4 is 15.4 Å². The molecule has 23 heteroatoms. The van der Waals surface area contributed by atoms with Crippen molar-refractivity contribution in [3.05, 3.63) is 226 Å². The number of rotatable bonds is 26. The molecule has 16 nitrogen and oxygen atoms in total. The number of anilines is 1. The molecule has 2 atom stereocenters. The van der Waals surface area contributed by atoms with E-state index < -0.39 is 64.6 Å². The molecule has 3 aliphatic heterocycles. The highest BCUT2D eigenvalue weighted by Crippen LogP contribution is 2.49. The molecule has 3 heterocycles. The minimum atomic E-state index is -5.15. The number of carbonyl (C=O) groups is 5. The fourth-order valence-electron chi connectivity index (χ4n) is 14.1. The normalized spacial score (nSPS) is 17.9. The molecule has 11 rings (SSSR count). The highest BCUT2D eigenvalue weighted by molar-refractivity contribution is 5.95. The van der Waals surface area contributed by atoms with Crippen LogP contribution in [0.1, 0.15) is 117 Å². The number of para-hydroxylation sites is 1. The van der Waals surface area contributed by atoms with Crippen molar-refractivity contribution < 1.29 is 73.7 Å². The van der Waals surface area contributed by atoms with Gasteiger partial charge < -0.3 is 48.8 Å². The summed E-state index contributed by atoms with van der Waals surface area (Å²) < 4.78 is 121. The second-order valence-corrected chi connectivity index (χ2v) is 26.7. The first kappa shape index (κ1) is 73.2. The number of esters is 1. The van der Waals surface area contributed by atoms with Crippen molar-refractivity contribution in [1.82, 2.24) is 29.8 Å². The molecule has 101 heavy (non-hydrogen) atoms. The monoisotopic (exact) mass is 1400 g/mol. The lowest BCUT2D eigenvalue weighted by Gasteiger charge is -2.44. The van der Waals surface area contributed by atoms with Crippen LogP contribution in [-0.2, 0) is 66.7 Å². The summed E-state index contributed by atoms with van der Waals surface area (Å²) in [7, 11) is 3.55. The lowest BCUT2D eigenvalue weighted by Crippen LogP contribution is -2.50. The van der Waals surface area contributed by atoms with E-state index in [1.807, 2.05) is 110 Å². The van der Waals surface area contributed by atoms with Gasteiger partial charge in [0.15, 0.2) is 0 Å². The molecule has 1 spiro atoms. The number of benzene rings is 7. The average molecular weight is 1400 g/mol. The zero-order valence-electron chi connectivity index (χ0n) is 56.6. The summed E-state index contributed by atoms with van der Waals surface area (Å²) in [6, 6.07) is 46.9. The Hall–Kier alpha value is -9.00. The van der Waals surface area contributed by atoms with Gasteiger partial charge >= 0.3 is 24.4 Å². The van der Waals surface area contributed by atoms with E-state index in [9.17, 15) is 54.7 Å². The summed E-state index contributed by atoms with van der Waals surface area (Å²) in [6.45, 7) is 5.30. The summed E-state index contributed by atoms with van der Waals surface area (Å²) >= 11 is 0. The number of piperidine rings is 2. The molecular formula is C78H84F7N7O9. The zero-order valence-corrected chi connectivity index (χ0v) is 56.6. The molecule has 0 unspecified atom stereocenters. The van der Waals surface area contributed by atoms with Gasteiger partial charge in [-0.2, -0.15) is 26.3 Å². The second-order valence-electron chi connectivity index (χ2n) is 26.7. The van der Waals surface area contributed by atoms with E-state index in [0.717, 1.165) is 45.8 Å². The zero-order chi connectivity index (χ0) is 71.3. The predicted molar refractivity (Wildman–Crippen MR) is 367 cm³/mol. The maximum Gasteiger partial charge on any atom is 0.416 e. The fraction of sp³-hybridized carbons (Fsp3) is 0.397. The quantitative estimate of drug-likeness (QED) is 0.0229. The summed E-state index contributed by atoms with van der Waals surface area (Å²) in [4.78, 5) is 75.4. The van der Waals surface area contributed by atoms with E-state index >= 15 is 0 Å². The molecule has 0 radical (unpaired) electrons. The molecule has 3 saturated heterocycles. The van der Waals surface area contributed by atoms with Gasteiger partial charge in [-0.15, -0.1) is 0 Å². The standard InChI is InChI=1S/C78H84F7N7O9/c1-88(70(93)51-98-69-47-58-15-8-10-17-67(58)75(69)34-40-91(41-35-75)42-36-76(60-26-28-63(79)29-27-60)52-92(53-99-76)73(96)59-45-61(77(80,81)82)48-62(46-59)78(83,84)85)37-12-4-7-19-71(94)100-64-30-22-55(23-31-64)50-86-49-54-20-24-57(25-21-54)72(95)89(2)43-44-90-38-32-65(33-39-90)101-74(97)87-68-18-11-9-16-66(68)56-13-5-3-6-14-56/h3,5-6,8-11,13-18,20-31,45-46,48,65,69,86H,4,7,12,19,32-44,47,49-53H2,1-2H3,(H,87,97)/t69-,76-/m0/s1. The molecule has 7 aromatic carbocycles. The maximum absolute atomic E-state index is 14.2. The molecule has 0 aromatic heterocycles. The SMILES string of the molecule is CN(CCCCCC(=O)Oc1ccc(CNCc2ccc(C(=O)N(C)CCN3CCC(OC(=O)Nc4ccccc4-c4ccccc4)CC3)cc2)cc1)C(=O)CO[C@H]1Cc2ccccc2C12CCN(CC[C@@]1(c3ccc(F)cc3)CN(C(=O)c3cc(C(F)(F)F)cc(C(F)(F)F)c3)CO1)CC2. The van der Waals surface area contributed by atoms with E-state index in [-0.39, 0.29) is 62.1 Å². The van der Waals surface area contributed by atoms with Crippen molar-refractivity contribution in [1.29, 1.82) is 0 Å². The van der Waals surface area contributed by atoms with Gasteiger partial charge in [0.05, 0.1) is 29.5 Å². The van der Waals surface area contributed by atoms with E-state index in [1.165, 1.54) is 29.8 Å². The number of nitrogens with one attached hydrogen (secondary N) is 2. The molecule has 2 N–H and O–H groups in total. The van der Waals surface area contributed by atoms with Crippen LogP contribution in [0.25, 0.3) is 11.1 Å². The molecule has 0 bridgehead atoms. The Bertz CT molecular complexity index is 3950. The van der Waals surface area contributed by atoms with Crippen LogP contribution in [0.15, 0.2) is 170 Å². The van der Waals surface area contributed by atoms with Crippen molar-refractivity contribution in [2.75, 3.05) is 91.7 Å². The number of fused-ring (bicyclic) bond motifs is 2. The van der Waals surface area contributed by atoms with E-state index in [0.29, 0.717) is 138 Å². The number of hydrogen-bond acceptors (Lipinski definition) is 12. The summed E-state index contributed by atoms with van der Waals surface area (Å²) in [6.07, 6.45) is -5.43. The number of halogens is 7. The summed E-state index contributed by atoms with van der Waals surface area (Å²) in [5, 5.41) is 6.36. The van der Waals surface area contributed by atoms with E-state index in [2.05, 4.69) is 32.6 Å². The number of unbranched alkanes of at least 4 members (excludes halogenated alkanes) is 2. The van der Waals surface area contributed by atoms with Crippen LogP contribution in [0.4, 0.5) is 41.2 Å². The van der Waals surface area contributed by atoms with Gasteiger partial charge in [0.1, 0.15) is 36.6 Å². The molecule has 3 fully saturated rings. The van der Waals surface area contributed by atoms with Crippen molar-refractivity contribution in [3.8, 4) is 16.9 Å². The van der Waals surface area contributed by atoms with Crippen LogP contribution in [0.5, 0.6) is 5.75 Å². The summed E-state index contributed by atoms with van der Waals surface area (Å²) in [5.41, 5.74) is 2.40. The van der Waals surface area contributed by atoms with Crippen LogP contribution in [0.3, 0.4) is 0 Å². The lowest BCUT2D eigenvalue weighted by atomic mass is 9.72. The van der Waals surface area contributed by atoms with Gasteiger partial charge in [0.25, 0.3) is 11.8 Å². The molecule has 4 aliphatic rings. The average Bonchev–Trinajstić information content (AvgIpc) is 1.58. The van der Waals surface area contributed by atoms with Gasteiger partial charge in [0, 0.05) is 95.0 Å². The third-order valence-corrected chi connectivity index (χ3v) is 20.0. The first-order chi connectivity index (χ1) is 48.5. The smallest absolute Gasteiger partial charge is 0.416 e. The summed E-state index contributed by atoms with van der Waals surface area (Å²) in [5.74, 6) is -1.73. The fourth-order valence-corrected chi connectivity index (χ4v) is 14.1. The lowest BCUT2D eigenvalue weighted by molar-refractivity contribution is -0.143. The third kappa shape index (κ3) is 18.8. The highest BCUT2D eigenvalue weighted by atomic mass is 19.4. The van der Waals surface area contributed by atoms with Gasteiger partial charge in [-0.3, -0.25) is 24.5 Å². The first-order valence-corrected chi connectivity index (χ1v) is 34.4. The number of carbonyl (C=O) groups excluding carboxylic acids is 5. The number of hydrogen-bond donors (Lipinski definition) is 2. The number of ether oxygens (including phenoxy) is 4. The van der Waals surface area contributed by atoms with Crippen molar-refractivity contribution in [3.63, 3.8) is 0 Å². The minimum Gasteiger partial charge on any atom is -0.446 e. The number of amides is 4. The van der Waals surface area contributed by atoms with Crippen molar-refractivity contribution >= 4 is 35.5 Å². The number of likely N-dealkylation sites (tertiary alicyclic amines) is 2. The number of alkyl halides is 6. The van der Waals surface area contributed by atoms with E-state index in [1.54, 1.807) is 29.0 Å².